The van der Waals surface area contributed by atoms with Crippen molar-refractivity contribution >= 4 is 17.6 Å². The number of hydrogen-bond donors (Lipinski definition) is 2. The molecule has 0 aliphatic rings. The molecule has 0 saturated carbocycles. The van der Waals surface area contributed by atoms with E-state index in [1.54, 1.807) is 24.3 Å². The second-order valence-electron chi connectivity index (χ2n) is 5.40. The fraction of sp³-hybridized carbons (Fsp3) is 0.211. The number of unbranched alkanes of at least 4 members (excludes halogenated alkanes) is 1. The lowest BCUT2D eigenvalue weighted by Gasteiger charge is -2.10. The van der Waals surface area contributed by atoms with E-state index in [4.69, 9.17) is 5.11 Å². The number of carboxylic acids is 1. The first-order valence-electron chi connectivity index (χ1n) is 7.73. The van der Waals surface area contributed by atoms with Gasteiger partial charge in [0, 0.05) is 0 Å². The molecule has 122 valence electrons. The number of nitrogens with zero attached hydrogens (tertiary/aromatic N) is 1. The lowest BCUT2D eigenvalue weighted by Crippen LogP contribution is -2.17. The van der Waals surface area contributed by atoms with E-state index in [9.17, 15) is 14.9 Å². The van der Waals surface area contributed by atoms with Crippen molar-refractivity contribution in [3.63, 3.8) is 0 Å². The van der Waals surface area contributed by atoms with Gasteiger partial charge in [-0.05, 0) is 42.7 Å². The van der Waals surface area contributed by atoms with E-state index in [0.717, 1.165) is 24.8 Å². The molecule has 0 aliphatic heterocycles. The summed E-state index contributed by atoms with van der Waals surface area (Å²) in [6.45, 7) is 2.10. The van der Waals surface area contributed by atoms with Crippen LogP contribution in [0, 0.1) is 11.3 Å². The van der Waals surface area contributed by atoms with Gasteiger partial charge in [-0.25, -0.2) is 4.79 Å². The molecule has 0 fully saturated rings. The summed E-state index contributed by atoms with van der Waals surface area (Å²) >= 11 is 0. The molecule has 0 bridgehead atoms. The lowest BCUT2D eigenvalue weighted by atomic mass is 10.0. The molecule has 24 heavy (non-hydrogen) atoms. The minimum Gasteiger partial charge on any atom is -0.478 e. The topological polar surface area (TPSA) is 90.2 Å². The van der Waals surface area contributed by atoms with Crippen LogP contribution in [-0.4, -0.2) is 17.0 Å². The van der Waals surface area contributed by atoms with E-state index < -0.39 is 11.9 Å². The third kappa shape index (κ3) is 3.99. The van der Waals surface area contributed by atoms with Crippen molar-refractivity contribution in [1.82, 2.24) is 0 Å². The van der Waals surface area contributed by atoms with Crippen LogP contribution in [-0.2, 0) is 6.42 Å². The number of rotatable bonds is 6. The van der Waals surface area contributed by atoms with Gasteiger partial charge in [-0.1, -0.05) is 31.5 Å². The number of aryl methyl sites for hydroxylation is 1. The molecular weight excluding hydrogens is 304 g/mol. The van der Waals surface area contributed by atoms with Crippen molar-refractivity contribution in [2.24, 2.45) is 0 Å². The Morgan fingerprint density at radius 2 is 1.88 bits per heavy atom. The zero-order valence-electron chi connectivity index (χ0n) is 13.4. The Labute approximate surface area is 140 Å². The van der Waals surface area contributed by atoms with Crippen molar-refractivity contribution in [1.29, 1.82) is 5.26 Å². The number of amides is 1. The Balaban J connectivity index is 2.26. The SMILES string of the molecule is CCCCc1ccc(NC(=O)c2ccccc2C(=O)O)c(C#N)c1. The number of hydrogen-bond acceptors (Lipinski definition) is 3. The monoisotopic (exact) mass is 322 g/mol. The summed E-state index contributed by atoms with van der Waals surface area (Å²) in [6.07, 6.45) is 2.97. The predicted octanol–water partition coefficient (Wildman–Crippen LogP) is 3.85. The van der Waals surface area contributed by atoms with E-state index in [2.05, 4.69) is 18.3 Å². The minimum absolute atomic E-state index is 0.0592. The van der Waals surface area contributed by atoms with Crippen LogP contribution < -0.4 is 5.32 Å². The lowest BCUT2D eigenvalue weighted by molar-refractivity contribution is 0.0692. The molecule has 2 rings (SSSR count). The van der Waals surface area contributed by atoms with Crippen molar-refractivity contribution in [3.05, 3.63) is 64.7 Å². The molecule has 0 heterocycles. The molecule has 5 heteroatoms. The van der Waals surface area contributed by atoms with Crippen LogP contribution in [0.3, 0.4) is 0 Å². The van der Waals surface area contributed by atoms with E-state index in [1.165, 1.54) is 12.1 Å². The summed E-state index contributed by atoms with van der Waals surface area (Å²) in [5.41, 5.74) is 1.77. The molecule has 0 saturated heterocycles. The van der Waals surface area contributed by atoms with Gasteiger partial charge in [0.2, 0.25) is 0 Å². The molecule has 2 N–H and O–H groups in total. The Morgan fingerprint density at radius 1 is 1.17 bits per heavy atom. The van der Waals surface area contributed by atoms with Crippen LogP contribution in [0.4, 0.5) is 5.69 Å². The summed E-state index contributed by atoms with van der Waals surface area (Å²) in [5, 5.41) is 21.1. The molecule has 0 aromatic heterocycles. The van der Waals surface area contributed by atoms with Crippen molar-refractivity contribution in [2.45, 2.75) is 26.2 Å². The molecular formula is C19H18N2O3. The molecule has 0 unspecified atom stereocenters. The van der Waals surface area contributed by atoms with Gasteiger partial charge in [0.15, 0.2) is 0 Å². The van der Waals surface area contributed by atoms with Crippen molar-refractivity contribution in [2.75, 3.05) is 5.32 Å². The number of carboxylic acid groups (broad SMARTS) is 1. The van der Waals surface area contributed by atoms with Crippen LogP contribution in [0.25, 0.3) is 0 Å². The van der Waals surface area contributed by atoms with E-state index in [1.807, 2.05) is 6.07 Å². The van der Waals surface area contributed by atoms with E-state index in [-0.39, 0.29) is 11.1 Å². The van der Waals surface area contributed by atoms with Crippen LogP contribution in [0.2, 0.25) is 0 Å². The van der Waals surface area contributed by atoms with Crippen LogP contribution in [0.5, 0.6) is 0 Å². The van der Waals surface area contributed by atoms with Gasteiger partial charge in [-0.3, -0.25) is 4.79 Å². The highest BCUT2D eigenvalue weighted by Gasteiger charge is 2.17. The van der Waals surface area contributed by atoms with Gasteiger partial charge in [-0.15, -0.1) is 0 Å². The fourth-order valence-electron chi connectivity index (χ4n) is 2.39. The third-order valence-electron chi connectivity index (χ3n) is 3.67. The number of nitriles is 1. The van der Waals surface area contributed by atoms with Crippen molar-refractivity contribution < 1.29 is 14.7 Å². The number of aromatic carboxylic acids is 1. The second kappa shape index (κ2) is 7.93. The predicted molar refractivity (Wildman–Crippen MR) is 91.1 cm³/mol. The number of benzene rings is 2. The first-order chi connectivity index (χ1) is 11.6. The highest BCUT2D eigenvalue weighted by molar-refractivity contribution is 6.11. The number of carbonyl (C=O) groups is 2. The van der Waals surface area contributed by atoms with Gasteiger partial charge in [-0.2, -0.15) is 5.26 Å². The molecule has 0 spiro atoms. The molecule has 2 aromatic carbocycles. The average molecular weight is 322 g/mol. The van der Waals surface area contributed by atoms with Crippen LogP contribution in [0.15, 0.2) is 42.5 Å². The molecule has 0 aliphatic carbocycles. The standard InChI is InChI=1S/C19H18N2O3/c1-2-3-6-13-9-10-17(14(11-13)12-20)21-18(22)15-7-4-5-8-16(15)19(23)24/h4-5,7-11H,2-3,6H2,1H3,(H,21,22)(H,23,24). The fourth-order valence-corrected chi connectivity index (χ4v) is 2.39. The molecule has 0 atom stereocenters. The average Bonchev–Trinajstić information content (AvgIpc) is 2.60. The smallest absolute Gasteiger partial charge is 0.336 e. The summed E-state index contributed by atoms with van der Waals surface area (Å²) in [6, 6.07) is 13.4. The zero-order chi connectivity index (χ0) is 17.5. The molecule has 1 amide bonds. The molecule has 2 aromatic rings. The van der Waals surface area contributed by atoms with Crippen LogP contribution in [0.1, 0.15) is 51.6 Å². The first kappa shape index (κ1) is 17.2. The first-order valence-corrected chi connectivity index (χ1v) is 7.73. The summed E-state index contributed by atoms with van der Waals surface area (Å²) in [5.74, 6) is -1.72. The van der Waals surface area contributed by atoms with Gasteiger partial charge < -0.3 is 10.4 Å². The Kier molecular flexibility index (Phi) is 5.69. The number of anilines is 1. The van der Waals surface area contributed by atoms with Crippen LogP contribution >= 0.6 is 0 Å². The maximum Gasteiger partial charge on any atom is 0.336 e. The second-order valence-corrected chi connectivity index (χ2v) is 5.40. The zero-order valence-corrected chi connectivity index (χ0v) is 13.4. The quantitative estimate of drug-likeness (QED) is 0.845. The normalized spacial score (nSPS) is 10.0. The van der Waals surface area contributed by atoms with E-state index >= 15 is 0 Å². The largest absolute Gasteiger partial charge is 0.478 e. The van der Waals surface area contributed by atoms with Gasteiger partial charge >= 0.3 is 5.97 Å². The van der Waals surface area contributed by atoms with Gasteiger partial charge in [0.1, 0.15) is 6.07 Å². The van der Waals surface area contributed by atoms with Gasteiger partial charge in [0.05, 0.1) is 22.4 Å². The maximum absolute atomic E-state index is 12.4. The number of carbonyl (C=O) groups excluding carboxylic acids is 1. The third-order valence-corrected chi connectivity index (χ3v) is 3.67. The Morgan fingerprint density at radius 3 is 2.50 bits per heavy atom. The highest BCUT2D eigenvalue weighted by atomic mass is 16.4. The molecule has 5 nitrogen and oxygen atoms in total. The number of nitrogens with one attached hydrogen (secondary N) is 1. The summed E-state index contributed by atoms with van der Waals surface area (Å²) in [4.78, 5) is 23.6. The Bertz CT molecular complexity index is 806. The Hall–Kier alpha value is -3.13. The molecule has 0 radical (unpaired) electrons. The van der Waals surface area contributed by atoms with Crippen molar-refractivity contribution in [3.8, 4) is 6.07 Å². The highest BCUT2D eigenvalue weighted by Crippen LogP contribution is 2.20. The summed E-state index contributed by atoms with van der Waals surface area (Å²) in [7, 11) is 0. The maximum atomic E-state index is 12.4. The van der Waals surface area contributed by atoms with Gasteiger partial charge in [0.25, 0.3) is 5.91 Å². The summed E-state index contributed by atoms with van der Waals surface area (Å²) < 4.78 is 0. The van der Waals surface area contributed by atoms with E-state index in [0.29, 0.717) is 11.3 Å². The minimum atomic E-state index is -1.17.